The Morgan fingerprint density at radius 3 is 1.73 bits per heavy atom. The molecule has 2 saturated carbocycles. The van der Waals surface area contributed by atoms with Crippen LogP contribution in [0.25, 0.3) is 0 Å². The fraction of sp³-hybridized carbons (Fsp3) is 0.571. The van der Waals surface area contributed by atoms with E-state index < -0.39 is 0 Å². The second-order valence-corrected chi connectivity index (χ2v) is 7.70. The summed E-state index contributed by atoms with van der Waals surface area (Å²) >= 11 is 0. The molecule has 15 heavy (non-hydrogen) atoms. The van der Waals surface area contributed by atoms with Crippen molar-refractivity contribution in [2.24, 2.45) is 0 Å². The van der Waals surface area contributed by atoms with Gasteiger partial charge in [-0.15, -0.1) is 0 Å². The smallest absolute Gasteiger partial charge is 0.0166 e. The molecule has 3 rings (SSSR count). The summed E-state index contributed by atoms with van der Waals surface area (Å²) in [5, 5.41) is 1.68. The highest BCUT2D eigenvalue weighted by molar-refractivity contribution is 7.67. The number of hydrogen-bond acceptors (Lipinski definition) is 0. The molecule has 80 valence electrons. The van der Waals surface area contributed by atoms with Crippen LogP contribution in [-0.2, 0) is 0 Å². The standard InChI is InChI=1S/C14H19P/c1-2-6-12(7-3-1)15(13-8-4-9-13)14-10-5-11-14/h1-3,6-7,13-14H,4-5,8-11H2. The van der Waals surface area contributed by atoms with Crippen LogP contribution >= 0.6 is 7.92 Å². The van der Waals surface area contributed by atoms with Crippen molar-refractivity contribution in [3.8, 4) is 0 Å². The summed E-state index contributed by atoms with van der Waals surface area (Å²) < 4.78 is 0. The largest absolute Gasteiger partial charge is 0.0690 e. The maximum absolute atomic E-state index is 2.38. The van der Waals surface area contributed by atoms with Crippen molar-refractivity contribution in [3.05, 3.63) is 30.3 Å². The topological polar surface area (TPSA) is 0 Å². The van der Waals surface area contributed by atoms with Gasteiger partial charge in [0.15, 0.2) is 0 Å². The van der Waals surface area contributed by atoms with E-state index in [0.717, 1.165) is 11.3 Å². The third kappa shape index (κ3) is 1.85. The molecule has 0 saturated heterocycles. The molecule has 2 aliphatic rings. The van der Waals surface area contributed by atoms with Crippen LogP contribution in [0.3, 0.4) is 0 Å². The van der Waals surface area contributed by atoms with Gasteiger partial charge in [0.1, 0.15) is 0 Å². The molecular formula is C14H19P. The Bertz CT molecular complexity index is 297. The Labute approximate surface area is 93.8 Å². The Balaban J connectivity index is 1.82. The zero-order valence-electron chi connectivity index (χ0n) is 9.23. The summed E-state index contributed by atoms with van der Waals surface area (Å²) in [5.41, 5.74) is 2.15. The third-order valence-electron chi connectivity index (χ3n) is 3.99. The molecule has 2 fully saturated rings. The van der Waals surface area contributed by atoms with Crippen LogP contribution in [0.15, 0.2) is 30.3 Å². The molecule has 2 aliphatic carbocycles. The summed E-state index contributed by atoms with van der Waals surface area (Å²) in [7, 11) is 0.195. The van der Waals surface area contributed by atoms with Gasteiger partial charge in [-0.2, -0.15) is 0 Å². The Kier molecular flexibility index (Phi) is 2.79. The summed E-state index contributed by atoms with van der Waals surface area (Å²) in [6, 6.07) is 11.4. The van der Waals surface area contributed by atoms with Crippen molar-refractivity contribution < 1.29 is 0 Å². The fourth-order valence-electron chi connectivity index (χ4n) is 2.65. The summed E-state index contributed by atoms with van der Waals surface area (Å²) in [6.45, 7) is 0. The van der Waals surface area contributed by atoms with Gasteiger partial charge in [0.2, 0.25) is 0 Å². The molecule has 0 nitrogen and oxygen atoms in total. The van der Waals surface area contributed by atoms with Crippen LogP contribution in [0.1, 0.15) is 38.5 Å². The van der Waals surface area contributed by atoms with E-state index >= 15 is 0 Å². The van der Waals surface area contributed by atoms with E-state index in [1.165, 1.54) is 38.5 Å². The van der Waals surface area contributed by atoms with Gasteiger partial charge in [-0.25, -0.2) is 0 Å². The molecular weight excluding hydrogens is 199 g/mol. The van der Waals surface area contributed by atoms with Gasteiger partial charge in [0.25, 0.3) is 0 Å². The molecule has 1 aromatic rings. The molecule has 0 unspecified atom stereocenters. The first-order chi connectivity index (χ1) is 7.45. The minimum atomic E-state index is 0.195. The Morgan fingerprint density at radius 1 is 0.800 bits per heavy atom. The lowest BCUT2D eigenvalue weighted by Gasteiger charge is -2.43. The fourth-order valence-corrected chi connectivity index (χ4v) is 6.45. The number of benzene rings is 1. The quantitative estimate of drug-likeness (QED) is 0.675. The molecule has 1 heteroatoms. The van der Waals surface area contributed by atoms with Crippen LogP contribution in [0.5, 0.6) is 0 Å². The highest BCUT2D eigenvalue weighted by Crippen LogP contribution is 2.58. The predicted octanol–water partition coefficient (Wildman–Crippen LogP) is 3.90. The van der Waals surface area contributed by atoms with E-state index in [0.29, 0.717) is 0 Å². The Hall–Kier alpha value is -0.350. The average molecular weight is 218 g/mol. The SMILES string of the molecule is c1ccc(P(C2CCC2)C2CCC2)cc1. The van der Waals surface area contributed by atoms with Gasteiger partial charge in [0, 0.05) is 0 Å². The van der Waals surface area contributed by atoms with Gasteiger partial charge in [-0.05, 0) is 42.3 Å². The molecule has 0 aliphatic heterocycles. The molecule has 0 aromatic heterocycles. The van der Waals surface area contributed by atoms with Crippen molar-refractivity contribution in [1.82, 2.24) is 0 Å². The van der Waals surface area contributed by atoms with Crippen molar-refractivity contribution in [2.75, 3.05) is 0 Å². The molecule has 0 atom stereocenters. The first-order valence-corrected chi connectivity index (χ1v) is 7.76. The zero-order chi connectivity index (χ0) is 10.1. The van der Waals surface area contributed by atoms with Crippen LogP contribution in [0.4, 0.5) is 0 Å². The van der Waals surface area contributed by atoms with E-state index in [1.54, 1.807) is 5.30 Å². The first-order valence-electron chi connectivity index (χ1n) is 6.28. The zero-order valence-corrected chi connectivity index (χ0v) is 10.1. The lowest BCUT2D eigenvalue weighted by atomic mass is 9.99. The van der Waals surface area contributed by atoms with E-state index in [4.69, 9.17) is 0 Å². The maximum Gasteiger partial charge on any atom is -0.0166 e. The van der Waals surface area contributed by atoms with Crippen molar-refractivity contribution in [1.29, 1.82) is 0 Å². The van der Waals surface area contributed by atoms with Crippen molar-refractivity contribution >= 4 is 13.2 Å². The van der Waals surface area contributed by atoms with Gasteiger partial charge in [-0.1, -0.05) is 51.1 Å². The molecule has 0 radical (unpaired) electrons. The van der Waals surface area contributed by atoms with E-state index in [-0.39, 0.29) is 7.92 Å². The van der Waals surface area contributed by atoms with Gasteiger partial charge < -0.3 is 0 Å². The normalized spacial score (nSPS) is 22.5. The highest BCUT2D eigenvalue weighted by Gasteiger charge is 2.36. The van der Waals surface area contributed by atoms with Gasteiger partial charge in [-0.3, -0.25) is 0 Å². The molecule has 1 aromatic carbocycles. The molecule has 0 spiro atoms. The van der Waals surface area contributed by atoms with Crippen LogP contribution in [0, 0.1) is 0 Å². The summed E-state index contributed by atoms with van der Waals surface area (Å²) in [4.78, 5) is 0. The number of hydrogen-bond donors (Lipinski definition) is 0. The van der Waals surface area contributed by atoms with Crippen LogP contribution in [-0.4, -0.2) is 11.3 Å². The highest BCUT2D eigenvalue weighted by atomic mass is 31.1. The molecule has 0 heterocycles. The van der Waals surface area contributed by atoms with Gasteiger partial charge >= 0.3 is 0 Å². The van der Waals surface area contributed by atoms with Crippen LogP contribution in [0.2, 0.25) is 0 Å². The van der Waals surface area contributed by atoms with Crippen LogP contribution < -0.4 is 5.30 Å². The van der Waals surface area contributed by atoms with Gasteiger partial charge in [0.05, 0.1) is 0 Å². The van der Waals surface area contributed by atoms with E-state index in [1.807, 2.05) is 0 Å². The van der Waals surface area contributed by atoms with E-state index in [2.05, 4.69) is 30.3 Å². The predicted molar refractivity (Wildman–Crippen MR) is 68.3 cm³/mol. The first kappa shape index (κ1) is 9.85. The minimum absolute atomic E-state index is 0.195. The second-order valence-electron chi connectivity index (χ2n) is 4.91. The minimum Gasteiger partial charge on any atom is -0.0690 e. The Morgan fingerprint density at radius 2 is 1.33 bits per heavy atom. The number of rotatable bonds is 3. The summed E-state index contributed by atoms with van der Waals surface area (Å²) in [6.07, 6.45) is 9.02. The second kappa shape index (κ2) is 4.26. The lowest BCUT2D eigenvalue weighted by molar-refractivity contribution is 0.479. The average Bonchev–Trinajstić information content (AvgIpc) is 2.13. The third-order valence-corrected chi connectivity index (χ3v) is 7.49. The molecule has 0 bridgehead atoms. The molecule has 0 amide bonds. The lowest BCUT2D eigenvalue weighted by Crippen LogP contribution is -2.30. The molecule has 0 N–H and O–H groups in total. The maximum atomic E-state index is 2.38. The summed E-state index contributed by atoms with van der Waals surface area (Å²) in [5.74, 6) is 0. The van der Waals surface area contributed by atoms with E-state index in [9.17, 15) is 0 Å². The monoisotopic (exact) mass is 218 g/mol. The van der Waals surface area contributed by atoms with Crippen molar-refractivity contribution in [2.45, 2.75) is 49.8 Å². The van der Waals surface area contributed by atoms with Crippen molar-refractivity contribution in [3.63, 3.8) is 0 Å².